The van der Waals surface area contributed by atoms with Crippen molar-refractivity contribution < 1.29 is 4.79 Å². The largest absolute Gasteiger partial charge is 0.366 e. The number of pyridine rings is 1. The minimum Gasteiger partial charge on any atom is -0.366 e. The zero-order valence-electron chi connectivity index (χ0n) is 15.9. The third-order valence-electron chi connectivity index (χ3n) is 4.86. The number of hydrogen-bond acceptors (Lipinski definition) is 4. The van der Waals surface area contributed by atoms with Gasteiger partial charge in [-0.15, -0.1) is 0 Å². The Kier molecular flexibility index (Phi) is 5.41. The van der Waals surface area contributed by atoms with Crippen LogP contribution in [0.4, 0.5) is 0 Å². The number of aryl methyl sites for hydroxylation is 2. The second-order valence-corrected chi connectivity index (χ2v) is 7.04. The van der Waals surface area contributed by atoms with Crippen molar-refractivity contribution in [2.45, 2.75) is 33.2 Å². The summed E-state index contributed by atoms with van der Waals surface area (Å²) in [7, 11) is 2.04. The van der Waals surface area contributed by atoms with Gasteiger partial charge < -0.3 is 15.6 Å². The molecular weight excluding hydrogens is 342 g/mol. The minimum atomic E-state index is -0.539. The zero-order valence-corrected chi connectivity index (χ0v) is 15.9. The molecule has 0 bridgehead atoms. The molecule has 0 spiro atoms. The van der Waals surface area contributed by atoms with Crippen molar-refractivity contribution in [1.82, 2.24) is 20.1 Å². The Balaban J connectivity index is 1.66. The van der Waals surface area contributed by atoms with Gasteiger partial charge in [-0.25, -0.2) is 0 Å². The quantitative estimate of drug-likeness (QED) is 0.594. The van der Waals surface area contributed by atoms with Gasteiger partial charge in [0.15, 0.2) is 5.43 Å². The van der Waals surface area contributed by atoms with Crippen molar-refractivity contribution in [3.05, 3.63) is 62.7 Å². The van der Waals surface area contributed by atoms with E-state index in [4.69, 9.17) is 5.73 Å². The van der Waals surface area contributed by atoms with E-state index < -0.39 is 5.91 Å². The maximum Gasteiger partial charge on any atom is 0.248 e. The second-order valence-electron chi connectivity index (χ2n) is 7.04. The predicted molar refractivity (Wildman–Crippen MR) is 106 cm³/mol. The molecule has 4 N–H and O–H groups in total. The molecule has 2 aromatic heterocycles. The number of aromatic nitrogens is 3. The van der Waals surface area contributed by atoms with Crippen LogP contribution in [0.1, 0.15) is 39.4 Å². The van der Waals surface area contributed by atoms with Crippen LogP contribution < -0.4 is 11.2 Å². The van der Waals surface area contributed by atoms with Gasteiger partial charge in [-0.1, -0.05) is 0 Å². The van der Waals surface area contributed by atoms with Gasteiger partial charge in [0.1, 0.15) is 0 Å². The number of amides is 1. The van der Waals surface area contributed by atoms with Gasteiger partial charge >= 0.3 is 0 Å². The summed E-state index contributed by atoms with van der Waals surface area (Å²) in [5, 5.41) is 7.72. The molecule has 0 saturated carbocycles. The van der Waals surface area contributed by atoms with Crippen molar-refractivity contribution in [2.24, 2.45) is 5.73 Å². The monoisotopic (exact) mass is 367 g/mol. The second kappa shape index (κ2) is 7.75. The Hall–Kier alpha value is -2.93. The summed E-state index contributed by atoms with van der Waals surface area (Å²) >= 11 is 0. The molecule has 142 valence electrons. The van der Waals surface area contributed by atoms with Crippen molar-refractivity contribution in [3.63, 3.8) is 0 Å². The van der Waals surface area contributed by atoms with Gasteiger partial charge in [-0.3, -0.25) is 14.7 Å². The first kappa shape index (κ1) is 18.8. The van der Waals surface area contributed by atoms with Crippen LogP contribution in [-0.4, -0.2) is 39.6 Å². The van der Waals surface area contributed by atoms with E-state index in [9.17, 15) is 9.59 Å². The summed E-state index contributed by atoms with van der Waals surface area (Å²) in [5.41, 5.74) is 10.5. The van der Waals surface area contributed by atoms with Crippen LogP contribution >= 0.6 is 0 Å². The van der Waals surface area contributed by atoms with Crippen LogP contribution in [0.2, 0.25) is 0 Å². The molecule has 0 aliphatic rings. The van der Waals surface area contributed by atoms with Gasteiger partial charge in [-0.2, -0.15) is 5.10 Å². The molecule has 0 atom stereocenters. The molecule has 0 radical (unpaired) electrons. The maximum atomic E-state index is 12.4. The van der Waals surface area contributed by atoms with Crippen LogP contribution in [0.5, 0.6) is 0 Å². The number of nitrogens with one attached hydrogen (secondary N) is 2. The number of carbonyl (C=O) groups excluding carboxylic acids is 1. The van der Waals surface area contributed by atoms with E-state index in [1.807, 2.05) is 20.9 Å². The number of primary amides is 1. The first-order chi connectivity index (χ1) is 12.8. The molecule has 0 aliphatic carbocycles. The van der Waals surface area contributed by atoms with Gasteiger partial charge in [0.25, 0.3) is 0 Å². The van der Waals surface area contributed by atoms with Gasteiger partial charge in [0.2, 0.25) is 5.91 Å². The minimum absolute atomic E-state index is 0.111. The van der Waals surface area contributed by atoms with Crippen LogP contribution in [0.25, 0.3) is 10.9 Å². The highest BCUT2D eigenvalue weighted by molar-refractivity contribution is 5.96. The number of H-pyrrole nitrogens is 2. The highest BCUT2D eigenvalue weighted by Gasteiger charge is 2.09. The summed E-state index contributed by atoms with van der Waals surface area (Å²) in [5.74, 6) is -0.539. The summed E-state index contributed by atoms with van der Waals surface area (Å²) in [6.07, 6.45) is 1.99. The number of rotatable bonds is 7. The average Bonchev–Trinajstić information content (AvgIpc) is 2.93. The predicted octanol–water partition coefficient (Wildman–Crippen LogP) is 2.03. The first-order valence-electron chi connectivity index (χ1n) is 9.00. The molecule has 0 fully saturated rings. The fraction of sp³-hybridized carbons (Fsp3) is 0.350. The van der Waals surface area contributed by atoms with Gasteiger partial charge in [-0.05, 0) is 64.0 Å². The lowest BCUT2D eigenvalue weighted by Gasteiger charge is -2.17. The summed E-state index contributed by atoms with van der Waals surface area (Å²) < 4.78 is 0. The van der Waals surface area contributed by atoms with Crippen molar-refractivity contribution in [1.29, 1.82) is 0 Å². The van der Waals surface area contributed by atoms with E-state index in [0.29, 0.717) is 23.0 Å². The Morgan fingerprint density at radius 3 is 2.70 bits per heavy atom. The molecule has 27 heavy (non-hydrogen) atoms. The number of aromatic amines is 2. The number of hydrogen-bond donors (Lipinski definition) is 3. The van der Waals surface area contributed by atoms with Crippen molar-refractivity contribution in [2.75, 3.05) is 13.6 Å². The molecule has 3 aromatic rings. The Bertz CT molecular complexity index is 1020. The Morgan fingerprint density at radius 2 is 2.04 bits per heavy atom. The van der Waals surface area contributed by atoms with Crippen molar-refractivity contribution >= 4 is 16.8 Å². The zero-order chi connectivity index (χ0) is 19.6. The first-order valence-corrected chi connectivity index (χ1v) is 9.00. The van der Waals surface area contributed by atoms with E-state index in [-0.39, 0.29) is 5.43 Å². The van der Waals surface area contributed by atoms with E-state index in [1.165, 1.54) is 5.56 Å². The highest BCUT2D eigenvalue weighted by atomic mass is 16.1. The Labute approximate surface area is 157 Å². The third-order valence-corrected chi connectivity index (χ3v) is 4.86. The summed E-state index contributed by atoms with van der Waals surface area (Å²) in [6.45, 7) is 5.62. The van der Waals surface area contributed by atoms with E-state index in [1.54, 1.807) is 24.3 Å². The maximum absolute atomic E-state index is 12.4. The van der Waals surface area contributed by atoms with Crippen LogP contribution in [0, 0.1) is 13.8 Å². The Morgan fingerprint density at radius 1 is 1.26 bits per heavy atom. The topological polar surface area (TPSA) is 108 Å². The van der Waals surface area contributed by atoms with E-state index in [0.717, 1.165) is 36.5 Å². The molecule has 0 saturated heterocycles. The SMILES string of the molecule is Cc1n[nH]c(C)c1CCCN(C)Cc1cc(=O)c2cc(C(N)=O)ccc2[nH]1. The van der Waals surface area contributed by atoms with Gasteiger partial charge in [0.05, 0.1) is 5.69 Å². The number of carbonyl (C=O) groups is 1. The number of nitrogens with zero attached hydrogens (tertiary/aromatic N) is 2. The number of nitrogens with two attached hydrogens (primary N) is 1. The fourth-order valence-electron chi connectivity index (χ4n) is 3.38. The molecule has 1 amide bonds. The van der Waals surface area contributed by atoms with E-state index in [2.05, 4.69) is 20.1 Å². The molecule has 7 nitrogen and oxygen atoms in total. The fourth-order valence-corrected chi connectivity index (χ4v) is 3.38. The van der Waals surface area contributed by atoms with Crippen LogP contribution in [-0.2, 0) is 13.0 Å². The molecule has 7 heteroatoms. The molecule has 0 unspecified atom stereocenters. The van der Waals surface area contributed by atoms with Crippen LogP contribution in [0.15, 0.2) is 29.1 Å². The third kappa shape index (κ3) is 4.25. The highest BCUT2D eigenvalue weighted by Crippen LogP contribution is 2.14. The molecular formula is C20H25N5O2. The summed E-state index contributed by atoms with van der Waals surface area (Å²) in [4.78, 5) is 29.2. The van der Waals surface area contributed by atoms with Crippen molar-refractivity contribution in [3.8, 4) is 0 Å². The lowest BCUT2D eigenvalue weighted by molar-refractivity contribution is 0.100. The number of benzene rings is 1. The molecule has 0 aliphatic heterocycles. The lowest BCUT2D eigenvalue weighted by atomic mass is 10.1. The molecule has 2 heterocycles. The standard InChI is InChI=1S/C20H25N5O2/c1-12-16(13(2)24-23-12)5-4-8-25(3)11-15-10-19(26)17-9-14(20(21)27)6-7-18(17)22-15/h6-7,9-10H,4-5,8,11H2,1-3H3,(H2,21,27)(H,22,26)(H,23,24). The van der Waals surface area contributed by atoms with Crippen LogP contribution in [0.3, 0.4) is 0 Å². The molecule has 1 aromatic carbocycles. The molecule has 3 rings (SSSR count). The van der Waals surface area contributed by atoms with Gasteiger partial charge in [0, 0.05) is 40.5 Å². The summed E-state index contributed by atoms with van der Waals surface area (Å²) in [6, 6.07) is 6.49. The smallest absolute Gasteiger partial charge is 0.248 e. The number of fused-ring (bicyclic) bond motifs is 1. The average molecular weight is 367 g/mol. The normalized spacial score (nSPS) is 11.4. The lowest BCUT2D eigenvalue weighted by Crippen LogP contribution is -2.21. The van der Waals surface area contributed by atoms with E-state index >= 15 is 0 Å².